The Kier molecular flexibility index (Phi) is 9.59. The molecule has 0 N–H and O–H groups in total. The van der Waals surface area contributed by atoms with Gasteiger partial charge in [-0.3, -0.25) is 0 Å². The van der Waals surface area contributed by atoms with E-state index >= 15 is 0 Å². The molecule has 70 heavy (non-hydrogen) atoms. The topological polar surface area (TPSA) is 6.48 Å². The molecule has 2 nitrogen and oxygen atoms in total. The van der Waals surface area contributed by atoms with E-state index in [0.29, 0.717) is 5.56 Å². The highest BCUT2D eigenvalue weighted by Crippen LogP contribution is 2.53. The lowest BCUT2D eigenvalue weighted by Gasteiger charge is -2.48. The molecule has 11 rings (SSSR count). The van der Waals surface area contributed by atoms with Gasteiger partial charge in [0.05, 0.1) is 5.69 Å². The molecule has 0 aromatic heterocycles. The van der Waals surface area contributed by atoms with Crippen molar-refractivity contribution in [3.05, 3.63) is 172 Å². The van der Waals surface area contributed by atoms with Crippen LogP contribution in [0.3, 0.4) is 0 Å². The van der Waals surface area contributed by atoms with E-state index in [4.69, 9.17) is 0 Å². The Morgan fingerprint density at radius 1 is 0.429 bits per heavy atom. The Balaban J connectivity index is 1.28. The smallest absolute Gasteiger partial charge is 0.252 e. The van der Waals surface area contributed by atoms with Crippen LogP contribution < -0.4 is 26.2 Å². The first-order chi connectivity index (χ1) is 34.0. The van der Waals surface area contributed by atoms with Gasteiger partial charge in [0.25, 0.3) is 6.71 Å². The summed E-state index contributed by atoms with van der Waals surface area (Å²) in [6.45, 7) is 30.6. The zero-order valence-corrected chi connectivity index (χ0v) is 44.5. The van der Waals surface area contributed by atoms with Crippen molar-refractivity contribution in [3.63, 3.8) is 0 Å². The number of hydrogen-bond acceptors (Lipinski definition) is 2. The number of aryl methyl sites for hydroxylation is 1. The minimum atomic E-state index is -2.39. The van der Waals surface area contributed by atoms with Gasteiger partial charge in [-0.1, -0.05) is 176 Å². The molecular formula is C67H75BN2. The molecule has 2 heterocycles. The van der Waals surface area contributed by atoms with Crippen LogP contribution in [0.5, 0.6) is 0 Å². The van der Waals surface area contributed by atoms with Crippen LogP contribution in [0.2, 0.25) is 0 Å². The van der Waals surface area contributed by atoms with Crippen LogP contribution >= 0.6 is 0 Å². The van der Waals surface area contributed by atoms with Crippen LogP contribution in [-0.2, 0) is 32.5 Å². The number of fused-ring (bicyclic) bond motifs is 6. The summed E-state index contributed by atoms with van der Waals surface area (Å²) in [5, 5.41) is 0. The Morgan fingerprint density at radius 3 is 1.59 bits per heavy atom. The lowest BCUT2D eigenvalue weighted by atomic mass is 9.33. The largest absolute Gasteiger partial charge is 0.311 e. The Bertz CT molecular complexity index is 3380. The van der Waals surface area contributed by atoms with Crippen molar-refractivity contribution in [2.75, 3.05) is 9.80 Å². The first-order valence-corrected chi connectivity index (χ1v) is 26.1. The SMILES string of the molecule is [2H]C([2H])([2H])c1cc2c3c(c1)N(c1ccc(C(C)(C)C)cc1-c1cccc(-c4ccccc4)c1)c1ccc(C(C)(C)C)cc1B3c1cc3c(cc1N2c1ccc2c(c1)C(C)(C)CCC2(C)C)C(C)(C)CCC3(C)C. The summed E-state index contributed by atoms with van der Waals surface area (Å²) in [4.78, 5) is 4.93. The van der Waals surface area contributed by atoms with Crippen LogP contribution in [0.15, 0.2) is 133 Å². The summed E-state index contributed by atoms with van der Waals surface area (Å²) in [5.41, 5.74) is 22.5. The lowest BCUT2D eigenvalue weighted by molar-refractivity contribution is 0.332. The zero-order valence-electron chi connectivity index (χ0n) is 47.5. The van der Waals surface area contributed by atoms with Gasteiger partial charge >= 0.3 is 0 Å². The Labute approximate surface area is 425 Å². The van der Waals surface area contributed by atoms with Crippen LogP contribution in [0, 0.1) is 6.85 Å². The van der Waals surface area contributed by atoms with Gasteiger partial charge in [-0.05, 0) is 192 Å². The van der Waals surface area contributed by atoms with Crippen molar-refractivity contribution >= 4 is 57.2 Å². The third-order valence-electron chi connectivity index (χ3n) is 17.4. The predicted octanol–water partition coefficient (Wildman–Crippen LogP) is 16.7. The van der Waals surface area contributed by atoms with Crippen molar-refractivity contribution in [1.29, 1.82) is 0 Å². The van der Waals surface area contributed by atoms with Crippen LogP contribution in [0.1, 0.15) is 166 Å². The highest BCUT2D eigenvalue weighted by atomic mass is 15.2. The fraction of sp³-hybridized carbons (Fsp3) is 0.373. The molecule has 7 aromatic rings. The molecule has 0 radical (unpaired) electrons. The summed E-state index contributed by atoms with van der Waals surface area (Å²) in [7, 11) is 0. The van der Waals surface area contributed by atoms with Gasteiger partial charge in [0, 0.05) is 38.1 Å². The molecule has 2 aliphatic carbocycles. The maximum atomic E-state index is 9.27. The summed E-state index contributed by atoms with van der Waals surface area (Å²) in [5.74, 6) is 0. The van der Waals surface area contributed by atoms with E-state index in [-0.39, 0.29) is 39.2 Å². The summed E-state index contributed by atoms with van der Waals surface area (Å²) in [6, 6.07) is 50.1. The van der Waals surface area contributed by atoms with Gasteiger partial charge in [0.2, 0.25) is 0 Å². The minimum Gasteiger partial charge on any atom is -0.311 e. The monoisotopic (exact) mass is 922 g/mol. The minimum absolute atomic E-state index is 0.0314. The number of nitrogens with zero attached hydrogens (tertiary/aromatic N) is 2. The second-order valence-electron chi connectivity index (χ2n) is 26.2. The van der Waals surface area contributed by atoms with Gasteiger partial charge < -0.3 is 9.80 Å². The van der Waals surface area contributed by atoms with Crippen molar-refractivity contribution < 1.29 is 4.11 Å². The lowest BCUT2D eigenvalue weighted by Crippen LogP contribution is -2.62. The van der Waals surface area contributed by atoms with E-state index < -0.39 is 6.85 Å². The summed E-state index contributed by atoms with van der Waals surface area (Å²) >= 11 is 0. The standard InChI is InChI=1S/C67H75BN2/c1-42-34-59-61-60(35-42)70(56-28-24-46(62(2,3)4)37-49(56)45-23-19-22-44(36-45)43-20-17-16-18-21-43)57-29-25-47(63(5,6)7)38-54(57)68(61)55-40-52-53(67(14,15)33-32-66(52,12)13)41-58(55)69(59)48-26-27-50-51(39-48)65(10,11)31-30-64(50,8)9/h16-29,34-41H,30-33H2,1-15H3/i1D3. The predicted molar refractivity (Wildman–Crippen MR) is 304 cm³/mol. The molecule has 3 heteroatoms. The van der Waals surface area contributed by atoms with E-state index in [0.717, 1.165) is 82.0 Å². The molecule has 7 aromatic carbocycles. The van der Waals surface area contributed by atoms with E-state index in [2.05, 4.69) is 228 Å². The molecular weight excluding hydrogens is 844 g/mol. The number of rotatable bonds is 4. The van der Waals surface area contributed by atoms with Crippen LogP contribution in [0.25, 0.3) is 22.3 Å². The van der Waals surface area contributed by atoms with E-state index in [9.17, 15) is 4.11 Å². The normalized spacial score (nSPS) is 18.9. The molecule has 0 bridgehead atoms. The molecule has 0 atom stereocenters. The Morgan fingerprint density at radius 2 is 0.957 bits per heavy atom. The van der Waals surface area contributed by atoms with Crippen molar-refractivity contribution in [2.24, 2.45) is 0 Å². The molecule has 2 aliphatic heterocycles. The van der Waals surface area contributed by atoms with E-state index in [1.165, 1.54) is 49.9 Å². The molecule has 4 aliphatic rings. The maximum Gasteiger partial charge on any atom is 0.252 e. The van der Waals surface area contributed by atoms with Crippen LogP contribution in [-0.4, -0.2) is 6.71 Å². The highest BCUT2D eigenvalue weighted by molar-refractivity contribution is 7.00. The molecule has 0 saturated carbocycles. The van der Waals surface area contributed by atoms with Gasteiger partial charge in [0.1, 0.15) is 0 Å². The molecule has 0 amide bonds. The van der Waals surface area contributed by atoms with Crippen molar-refractivity contribution in [2.45, 2.75) is 162 Å². The number of hydrogen-bond donors (Lipinski definition) is 0. The van der Waals surface area contributed by atoms with Gasteiger partial charge in [0.15, 0.2) is 0 Å². The fourth-order valence-electron chi connectivity index (χ4n) is 12.7. The van der Waals surface area contributed by atoms with Crippen LogP contribution in [0.4, 0.5) is 34.1 Å². The molecule has 0 unspecified atom stereocenters. The second kappa shape index (κ2) is 15.6. The average Bonchev–Trinajstić information content (AvgIpc) is 3.33. The second-order valence-corrected chi connectivity index (χ2v) is 26.2. The van der Waals surface area contributed by atoms with E-state index in [1.807, 2.05) is 12.1 Å². The molecule has 0 fully saturated rings. The average molecular weight is 922 g/mol. The molecule has 0 spiro atoms. The number of anilines is 6. The zero-order chi connectivity index (χ0) is 52.2. The fourth-order valence-corrected chi connectivity index (χ4v) is 12.7. The molecule has 0 saturated heterocycles. The molecule has 356 valence electrons. The van der Waals surface area contributed by atoms with E-state index in [1.54, 1.807) is 0 Å². The third kappa shape index (κ3) is 7.42. The highest BCUT2D eigenvalue weighted by Gasteiger charge is 2.48. The first-order valence-electron chi connectivity index (χ1n) is 27.6. The maximum absolute atomic E-state index is 9.27. The van der Waals surface area contributed by atoms with Gasteiger partial charge in [-0.25, -0.2) is 0 Å². The van der Waals surface area contributed by atoms with Crippen molar-refractivity contribution in [1.82, 2.24) is 0 Å². The van der Waals surface area contributed by atoms with Crippen molar-refractivity contribution in [3.8, 4) is 22.3 Å². The van der Waals surface area contributed by atoms with Gasteiger partial charge in [-0.15, -0.1) is 0 Å². The first kappa shape index (κ1) is 43.0. The van der Waals surface area contributed by atoms with Gasteiger partial charge in [-0.2, -0.15) is 0 Å². The number of benzene rings is 7. The Hall–Kier alpha value is -5.80. The summed E-state index contributed by atoms with van der Waals surface area (Å²) in [6.07, 6.45) is 4.44. The third-order valence-corrected chi connectivity index (χ3v) is 17.4. The summed E-state index contributed by atoms with van der Waals surface area (Å²) < 4.78 is 27.8. The quantitative estimate of drug-likeness (QED) is 0.162.